The summed E-state index contributed by atoms with van der Waals surface area (Å²) in [6.45, 7) is 1.88. The molecule has 3 rings (SSSR count). The zero-order valence-electron chi connectivity index (χ0n) is 13.9. The van der Waals surface area contributed by atoms with Crippen molar-refractivity contribution in [1.82, 2.24) is 5.32 Å². The van der Waals surface area contributed by atoms with E-state index < -0.39 is 0 Å². The predicted octanol–water partition coefficient (Wildman–Crippen LogP) is 3.97. The molecule has 1 N–H and O–H groups in total. The lowest BCUT2D eigenvalue weighted by Gasteiger charge is -2.15. The van der Waals surface area contributed by atoms with Crippen molar-refractivity contribution < 1.29 is 9.53 Å². The summed E-state index contributed by atoms with van der Waals surface area (Å²) < 4.78 is 5.45. The largest absolute Gasteiger partial charge is 0.484 e. The van der Waals surface area contributed by atoms with Crippen molar-refractivity contribution in [3.8, 4) is 11.8 Å². The zero-order chi connectivity index (χ0) is 17.6. The van der Waals surface area contributed by atoms with Gasteiger partial charge in [-0.3, -0.25) is 4.79 Å². The molecule has 0 saturated heterocycles. The fourth-order valence-corrected chi connectivity index (χ4v) is 2.62. The highest BCUT2D eigenvalue weighted by Gasteiger charge is 2.10. The second kappa shape index (κ2) is 7.50. The van der Waals surface area contributed by atoms with Crippen LogP contribution in [0.5, 0.6) is 5.75 Å². The van der Waals surface area contributed by atoms with Gasteiger partial charge in [-0.15, -0.1) is 0 Å². The summed E-state index contributed by atoms with van der Waals surface area (Å²) in [4.78, 5) is 12.1. The number of rotatable bonds is 5. The van der Waals surface area contributed by atoms with Gasteiger partial charge >= 0.3 is 0 Å². The maximum atomic E-state index is 12.1. The van der Waals surface area contributed by atoms with Gasteiger partial charge in [0.25, 0.3) is 5.91 Å². The molecule has 3 aromatic carbocycles. The maximum Gasteiger partial charge on any atom is 0.258 e. The highest BCUT2D eigenvalue weighted by molar-refractivity contribution is 5.83. The summed E-state index contributed by atoms with van der Waals surface area (Å²) in [7, 11) is 0. The number of carbonyl (C=O) groups is 1. The van der Waals surface area contributed by atoms with Crippen LogP contribution >= 0.6 is 0 Å². The molecular formula is C21H18N2O2. The van der Waals surface area contributed by atoms with Crippen LogP contribution in [0, 0.1) is 11.3 Å². The molecule has 0 radical (unpaired) electrons. The van der Waals surface area contributed by atoms with Crippen LogP contribution in [0.2, 0.25) is 0 Å². The molecule has 4 heteroatoms. The van der Waals surface area contributed by atoms with Gasteiger partial charge in [0, 0.05) is 0 Å². The van der Waals surface area contributed by atoms with Crippen molar-refractivity contribution >= 4 is 16.7 Å². The first-order valence-electron chi connectivity index (χ1n) is 8.07. The molecule has 3 aromatic rings. The normalized spacial score (nSPS) is 11.5. The van der Waals surface area contributed by atoms with Crippen LogP contribution in [-0.2, 0) is 4.79 Å². The fraction of sp³-hybridized carbons (Fsp3) is 0.143. The minimum atomic E-state index is -0.190. The highest BCUT2D eigenvalue weighted by Crippen LogP contribution is 2.20. The van der Waals surface area contributed by atoms with E-state index in [0.717, 1.165) is 10.9 Å². The molecule has 0 spiro atoms. The molecule has 0 heterocycles. The summed E-state index contributed by atoms with van der Waals surface area (Å²) in [5.74, 6) is 0.373. The van der Waals surface area contributed by atoms with E-state index in [9.17, 15) is 4.79 Å². The topological polar surface area (TPSA) is 62.1 Å². The molecule has 1 unspecified atom stereocenters. The molecule has 25 heavy (non-hydrogen) atoms. The van der Waals surface area contributed by atoms with Gasteiger partial charge in [0.05, 0.1) is 17.7 Å². The number of hydrogen-bond donors (Lipinski definition) is 1. The molecule has 0 saturated carbocycles. The SMILES string of the molecule is CC(NC(=O)COc1ccc(C#N)cc1)c1ccc2ccccc2c1. The Morgan fingerprint density at radius 1 is 1.08 bits per heavy atom. The Morgan fingerprint density at radius 2 is 1.80 bits per heavy atom. The summed E-state index contributed by atoms with van der Waals surface area (Å²) in [5.41, 5.74) is 1.60. The molecule has 0 aromatic heterocycles. The predicted molar refractivity (Wildman–Crippen MR) is 97.2 cm³/mol. The summed E-state index contributed by atoms with van der Waals surface area (Å²) in [5, 5.41) is 14.0. The number of carbonyl (C=O) groups excluding carboxylic acids is 1. The number of nitrogens with one attached hydrogen (secondary N) is 1. The lowest BCUT2D eigenvalue weighted by atomic mass is 10.0. The second-order valence-corrected chi connectivity index (χ2v) is 5.82. The molecule has 1 atom stereocenters. The van der Waals surface area contributed by atoms with Crippen LogP contribution in [-0.4, -0.2) is 12.5 Å². The van der Waals surface area contributed by atoms with Crippen LogP contribution in [0.25, 0.3) is 10.8 Å². The first-order valence-corrected chi connectivity index (χ1v) is 8.07. The molecule has 0 aliphatic rings. The van der Waals surface area contributed by atoms with Gasteiger partial charge in [0.2, 0.25) is 0 Å². The van der Waals surface area contributed by atoms with E-state index in [0.29, 0.717) is 11.3 Å². The molecule has 1 amide bonds. The van der Waals surface area contributed by atoms with Gasteiger partial charge in [-0.05, 0) is 53.6 Å². The number of benzene rings is 3. The van der Waals surface area contributed by atoms with E-state index in [-0.39, 0.29) is 18.6 Å². The average Bonchev–Trinajstić information content (AvgIpc) is 2.66. The van der Waals surface area contributed by atoms with E-state index in [1.54, 1.807) is 24.3 Å². The molecular weight excluding hydrogens is 312 g/mol. The van der Waals surface area contributed by atoms with Gasteiger partial charge < -0.3 is 10.1 Å². The third-order valence-corrected chi connectivity index (χ3v) is 4.00. The van der Waals surface area contributed by atoms with E-state index in [4.69, 9.17) is 10.00 Å². The van der Waals surface area contributed by atoms with Crippen molar-refractivity contribution in [3.05, 3.63) is 77.9 Å². The van der Waals surface area contributed by atoms with Crippen molar-refractivity contribution in [1.29, 1.82) is 5.26 Å². The van der Waals surface area contributed by atoms with Crippen molar-refractivity contribution in [3.63, 3.8) is 0 Å². The lowest BCUT2D eigenvalue weighted by Crippen LogP contribution is -2.31. The monoisotopic (exact) mass is 330 g/mol. The van der Waals surface area contributed by atoms with Crippen LogP contribution in [0.4, 0.5) is 0 Å². The quantitative estimate of drug-likeness (QED) is 0.770. The Hall–Kier alpha value is -3.32. The smallest absolute Gasteiger partial charge is 0.258 e. The van der Waals surface area contributed by atoms with Crippen LogP contribution < -0.4 is 10.1 Å². The third kappa shape index (κ3) is 4.15. The number of nitrogens with zero attached hydrogens (tertiary/aromatic N) is 1. The standard InChI is InChI=1S/C21H18N2O2/c1-15(18-9-8-17-4-2-3-5-19(17)12-18)23-21(24)14-25-20-10-6-16(13-22)7-11-20/h2-12,15H,14H2,1H3,(H,23,24). The number of amides is 1. The maximum absolute atomic E-state index is 12.1. The molecule has 0 aliphatic carbocycles. The van der Waals surface area contributed by atoms with Gasteiger partial charge in [0.1, 0.15) is 5.75 Å². The van der Waals surface area contributed by atoms with Crippen LogP contribution in [0.15, 0.2) is 66.7 Å². The molecule has 4 nitrogen and oxygen atoms in total. The van der Waals surface area contributed by atoms with Gasteiger partial charge in [-0.2, -0.15) is 5.26 Å². The van der Waals surface area contributed by atoms with E-state index in [1.165, 1.54) is 5.39 Å². The van der Waals surface area contributed by atoms with E-state index in [1.807, 2.05) is 31.2 Å². The number of hydrogen-bond acceptors (Lipinski definition) is 3. The minimum Gasteiger partial charge on any atom is -0.484 e. The fourth-order valence-electron chi connectivity index (χ4n) is 2.62. The highest BCUT2D eigenvalue weighted by atomic mass is 16.5. The lowest BCUT2D eigenvalue weighted by molar-refractivity contribution is -0.123. The van der Waals surface area contributed by atoms with Crippen LogP contribution in [0.1, 0.15) is 24.1 Å². The Balaban J connectivity index is 1.58. The van der Waals surface area contributed by atoms with Gasteiger partial charge in [-0.25, -0.2) is 0 Å². The third-order valence-electron chi connectivity index (χ3n) is 4.00. The number of ether oxygens (including phenoxy) is 1. The molecule has 0 aliphatic heterocycles. The second-order valence-electron chi connectivity index (χ2n) is 5.82. The number of fused-ring (bicyclic) bond motifs is 1. The Morgan fingerprint density at radius 3 is 2.52 bits per heavy atom. The Kier molecular flexibility index (Phi) is 4.96. The molecule has 0 fully saturated rings. The molecule has 0 bridgehead atoms. The van der Waals surface area contributed by atoms with Gasteiger partial charge in [-0.1, -0.05) is 36.4 Å². The summed E-state index contributed by atoms with van der Waals surface area (Å²) >= 11 is 0. The Labute approximate surface area is 146 Å². The molecule has 124 valence electrons. The zero-order valence-corrected chi connectivity index (χ0v) is 13.9. The van der Waals surface area contributed by atoms with Crippen LogP contribution in [0.3, 0.4) is 0 Å². The average molecular weight is 330 g/mol. The first-order chi connectivity index (χ1) is 12.2. The van der Waals surface area contributed by atoms with Crippen molar-refractivity contribution in [2.75, 3.05) is 6.61 Å². The van der Waals surface area contributed by atoms with Crippen molar-refractivity contribution in [2.45, 2.75) is 13.0 Å². The van der Waals surface area contributed by atoms with Gasteiger partial charge in [0.15, 0.2) is 6.61 Å². The summed E-state index contributed by atoms with van der Waals surface area (Å²) in [6.07, 6.45) is 0. The Bertz CT molecular complexity index is 927. The van der Waals surface area contributed by atoms with E-state index >= 15 is 0 Å². The van der Waals surface area contributed by atoms with Crippen molar-refractivity contribution in [2.24, 2.45) is 0 Å². The summed E-state index contributed by atoms with van der Waals surface area (Å²) in [6, 6.07) is 22.9. The van der Waals surface area contributed by atoms with E-state index in [2.05, 4.69) is 29.6 Å². The minimum absolute atomic E-state index is 0.0657. The first kappa shape index (κ1) is 16.5. The number of nitriles is 1.